The highest BCUT2D eigenvalue weighted by molar-refractivity contribution is 7.22. The lowest BCUT2D eigenvalue weighted by molar-refractivity contribution is -0.127. The maximum absolute atomic E-state index is 13.5. The number of nitrogens with zero attached hydrogens (tertiary/aromatic N) is 3. The molecule has 0 radical (unpaired) electrons. The van der Waals surface area contributed by atoms with Crippen LogP contribution in [-0.2, 0) is 4.79 Å². The molecule has 0 spiro atoms. The van der Waals surface area contributed by atoms with Crippen molar-refractivity contribution in [1.82, 2.24) is 9.88 Å². The highest BCUT2D eigenvalue weighted by Crippen LogP contribution is 2.34. The van der Waals surface area contributed by atoms with Gasteiger partial charge in [-0.1, -0.05) is 23.5 Å². The van der Waals surface area contributed by atoms with E-state index < -0.39 is 6.10 Å². The number of benzene rings is 2. The van der Waals surface area contributed by atoms with Crippen molar-refractivity contribution < 1.29 is 14.3 Å². The number of ether oxygens (including phenoxy) is 2. The number of hydrogen-bond acceptors (Lipinski definition) is 6. The van der Waals surface area contributed by atoms with Gasteiger partial charge in [0, 0.05) is 6.54 Å². The molecular formula is C23H27N3O3S. The Kier molecular flexibility index (Phi) is 5.92. The maximum Gasteiger partial charge on any atom is 0.273 e. The Morgan fingerprint density at radius 1 is 1.13 bits per heavy atom. The van der Waals surface area contributed by atoms with E-state index in [1.54, 1.807) is 16.2 Å². The molecule has 1 unspecified atom stereocenters. The third-order valence-electron chi connectivity index (χ3n) is 5.26. The van der Waals surface area contributed by atoms with Gasteiger partial charge in [-0.25, -0.2) is 4.98 Å². The van der Waals surface area contributed by atoms with Crippen molar-refractivity contribution in [2.45, 2.75) is 26.4 Å². The first-order chi connectivity index (χ1) is 14.4. The van der Waals surface area contributed by atoms with E-state index in [9.17, 15) is 4.79 Å². The normalized spacial score (nSPS) is 15.6. The topological polar surface area (TPSA) is 54.9 Å². The van der Waals surface area contributed by atoms with E-state index in [0.29, 0.717) is 23.2 Å². The van der Waals surface area contributed by atoms with Crippen molar-refractivity contribution >= 4 is 32.6 Å². The number of amides is 1. The van der Waals surface area contributed by atoms with Crippen molar-refractivity contribution in [2.24, 2.45) is 0 Å². The molecule has 3 aromatic rings. The quantitative estimate of drug-likeness (QED) is 0.597. The van der Waals surface area contributed by atoms with Gasteiger partial charge in [-0.15, -0.1) is 0 Å². The Balaban J connectivity index is 1.62. The highest BCUT2D eigenvalue weighted by Gasteiger charge is 2.33. The lowest BCUT2D eigenvalue weighted by Crippen LogP contribution is -2.47. The van der Waals surface area contributed by atoms with Crippen molar-refractivity contribution in [1.29, 1.82) is 0 Å². The zero-order valence-electron chi connectivity index (χ0n) is 17.8. The smallest absolute Gasteiger partial charge is 0.273 e. The van der Waals surface area contributed by atoms with Crippen molar-refractivity contribution in [2.75, 3.05) is 38.7 Å². The third-order valence-corrected chi connectivity index (χ3v) is 6.30. The summed E-state index contributed by atoms with van der Waals surface area (Å²) in [7, 11) is 4.06. The number of aromatic nitrogens is 1. The summed E-state index contributed by atoms with van der Waals surface area (Å²) in [6.45, 7) is 5.84. The molecule has 0 saturated heterocycles. The predicted octanol–water partition coefficient (Wildman–Crippen LogP) is 4.04. The zero-order valence-corrected chi connectivity index (χ0v) is 18.7. The molecule has 7 heteroatoms. The summed E-state index contributed by atoms with van der Waals surface area (Å²) >= 11 is 1.55. The molecule has 1 aromatic heterocycles. The van der Waals surface area contributed by atoms with Gasteiger partial charge in [-0.2, -0.15) is 0 Å². The molecule has 1 aliphatic rings. The van der Waals surface area contributed by atoms with E-state index >= 15 is 0 Å². The van der Waals surface area contributed by atoms with Crippen LogP contribution >= 0.6 is 11.3 Å². The molecule has 4 rings (SSSR count). The molecule has 0 aliphatic carbocycles. The average molecular weight is 426 g/mol. The Bertz CT molecular complexity index is 1020. The van der Waals surface area contributed by atoms with Gasteiger partial charge >= 0.3 is 0 Å². The van der Waals surface area contributed by atoms with Crippen molar-refractivity contribution in [3.8, 4) is 11.5 Å². The Hall–Kier alpha value is -2.64. The average Bonchev–Trinajstić information content (AvgIpc) is 3.12. The molecule has 0 N–H and O–H groups in total. The fraction of sp³-hybridized carbons (Fsp3) is 0.391. The van der Waals surface area contributed by atoms with Crippen molar-refractivity contribution in [3.05, 3.63) is 47.5 Å². The van der Waals surface area contributed by atoms with Gasteiger partial charge in [0.2, 0.25) is 6.10 Å². The monoisotopic (exact) mass is 425 g/mol. The molecule has 158 valence electrons. The fourth-order valence-electron chi connectivity index (χ4n) is 3.44. The van der Waals surface area contributed by atoms with Crippen LogP contribution in [0.15, 0.2) is 36.4 Å². The molecule has 1 atom stereocenters. The number of thiazole rings is 1. The van der Waals surface area contributed by atoms with Crippen molar-refractivity contribution in [3.63, 3.8) is 0 Å². The number of carbonyl (C=O) groups is 1. The first-order valence-corrected chi connectivity index (χ1v) is 11.0. The second-order valence-electron chi connectivity index (χ2n) is 7.91. The molecular weight excluding hydrogens is 398 g/mol. The molecule has 0 fully saturated rings. The van der Waals surface area contributed by atoms with Crippen LogP contribution in [0.4, 0.5) is 5.13 Å². The summed E-state index contributed by atoms with van der Waals surface area (Å²) in [5, 5.41) is 0.709. The molecule has 0 bridgehead atoms. The Labute approximate surface area is 181 Å². The minimum Gasteiger partial charge on any atom is -0.485 e. The number of anilines is 1. The van der Waals surface area contributed by atoms with E-state index in [0.717, 1.165) is 23.2 Å². The van der Waals surface area contributed by atoms with Crippen LogP contribution in [0.25, 0.3) is 10.2 Å². The Morgan fingerprint density at radius 3 is 2.63 bits per heavy atom. The van der Waals surface area contributed by atoms with Gasteiger partial charge < -0.3 is 14.4 Å². The zero-order chi connectivity index (χ0) is 21.3. The van der Waals surface area contributed by atoms with Crippen LogP contribution in [-0.4, -0.2) is 55.7 Å². The van der Waals surface area contributed by atoms with Crippen LogP contribution < -0.4 is 14.4 Å². The summed E-state index contributed by atoms with van der Waals surface area (Å²) < 4.78 is 12.9. The molecule has 30 heavy (non-hydrogen) atoms. The number of rotatable bonds is 6. The SMILES string of the molecule is Cc1cc2nc(N(CCCN(C)C)C(=O)C3COc4ccccc4O3)sc2cc1C. The first kappa shape index (κ1) is 20.6. The van der Waals surface area contributed by atoms with E-state index in [1.165, 1.54) is 11.1 Å². The summed E-state index contributed by atoms with van der Waals surface area (Å²) in [5.74, 6) is 1.16. The minimum atomic E-state index is -0.685. The minimum absolute atomic E-state index is 0.115. The second kappa shape index (κ2) is 8.62. The van der Waals surface area contributed by atoms with Gasteiger partial charge in [0.15, 0.2) is 16.6 Å². The second-order valence-corrected chi connectivity index (χ2v) is 8.92. The number of fused-ring (bicyclic) bond motifs is 2. The lowest BCUT2D eigenvalue weighted by atomic mass is 10.1. The summed E-state index contributed by atoms with van der Waals surface area (Å²) in [6, 6.07) is 11.7. The standard InChI is InChI=1S/C23H27N3O3S/c1-15-12-17-21(13-16(15)2)30-23(24-17)26(11-7-10-25(3)4)22(27)20-14-28-18-8-5-6-9-19(18)29-20/h5-6,8-9,12-13,20H,7,10-11,14H2,1-4H3. The number of hydrogen-bond donors (Lipinski definition) is 0. The van der Waals surface area contributed by atoms with E-state index in [-0.39, 0.29) is 12.5 Å². The van der Waals surface area contributed by atoms with Crippen LogP contribution in [0.1, 0.15) is 17.5 Å². The molecule has 2 aromatic carbocycles. The van der Waals surface area contributed by atoms with E-state index in [1.807, 2.05) is 38.4 Å². The molecule has 0 saturated carbocycles. The van der Waals surface area contributed by atoms with Crippen LogP contribution in [0.2, 0.25) is 0 Å². The van der Waals surface area contributed by atoms with E-state index in [4.69, 9.17) is 14.5 Å². The van der Waals surface area contributed by atoms with Crippen LogP contribution in [0, 0.1) is 13.8 Å². The van der Waals surface area contributed by atoms with E-state index in [2.05, 4.69) is 30.9 Å². The number of aryl methyl sites for hydroxylation is 2. The first-order valence-electron chi connectivity index (χ1n) is 10.1. The highest BCUT2D eigenvalue weighted by atomic mass is 32.1. The molecule has 1 amide bonds. The fourth-order valence-corrected chi connectivity index (χ4v) is 4.52. The van der Waals surface area contributed by atoms with Crippen LogP contribution in [0.3, 0.4) is 0 Å². The predicted molar refractivity (Wildman–Crippen MR) is 121 cm³/mol. The van der Waals surface area contributed by atoms with Gasteiger partial charge in [0.1, 0.15) is 6.61 Å². The third kappa shape index (κ3) is 4.27. The van der Waals surface area contributed by atoms with Gasteiger partial charge in [-0.3, -0.25) is 9.69 Å². The van der Waals surface area contributed by atoms with Gasteiger partial charge in [0.25, 0.3) is 5.91 Å². The Morgan fingerprint density at radius 2 is 1.87 bits per heavy atom. The van der Waals surface area contributed by atoms with Gasteiger partial charge in [0.05, 0.1) is 10.2 Å². The number of carbonyl (C=O) groups excluding carboxylic acids is 1. The number of para-hydroxylation sites is 2. The maximum atomic E-state index is 13.5. The van der Waals surface area contributed by atoms with Crippen LogP contribution in [0.5, 0.6) is 11.5 Å². The summed E-state index contributed by atoms with van der Waals surface area (Å²) in [6.07, 6.45) is 0.159. The molecule has 1 aliphatic heterocycles. The summed E-state index contributed by atoms with van der Waals surface area (Å²) in [4.78, 5) is 22.1. The largest absolute Gasteiger partial charge is 0.485 e. The molecule has 2 heterocycles. The lowest BCUT2D eigenvalue weighted by Gasteiger charge is -2.29. The summed E-state index contributed by atoms with van der Waals surface area (Å²) in [5.41, 5.74) is 3.35. The molecule has 6 nitrogen and oxygen atoms in total. The van der Waals surface area contributed by atoms with Gasteiger partial charge in [-0.05, 0) is 76.3 Å².